The first-order chi connectivity index (χ1) is 15.3. The van der Waals surface area contributed by atoms with Crippen molar-refractivity contribution in [1.29, 1.82) is 0 Å². The predicted octanol–water partition coefficient (Wildman–Crippen LogP) is 1.02. The summed E-state index contributed by atoms with van der Waals surface area (Å²) in [6, 6.07) is 10.7. The van der Waals surface area contributed by atoms with Crippen LogP contribution < -0.4 is 42.2 Å². The van der Waals surface area contributed by atoms with Gasteiger partial charge in [-0.05, 0) is 48.5 Å². The van der Waals surface area contributed by atoms with E-state index in [0.717, 1.165) is 61.8 Å². The molecular formula is C25H30ClN3O3. The maximum Gasteiger partial charge on any atom is 0.231 e. The summed E-state index contributed by atoms with van der Waals surface area (Å²) in [7, 11) is 1.73. The molecule has 6 nitrogen and oxygen atoms in total. The van der Waals surface area contributed by atoms with Crippen molar-refractivity contribution in [3.05, 3.63) is 42.1 Å². The number of nitrogens with one attached hydrogen (secondary N) is 1. The van der Waals surface area contributed by atoms with Crippen LogP contribution in [0.25, 0.3) is 22.0 Å². The van der Waals surface area contributed by atoms with Crippen LogP contribution in [-0.4, -0.2) is 27.0 Å². The molecule has 0 unspecified atom stereocenters. The summed E-state index contributed by atoms with van der Waals surface area (Å²) in [5.41, 5.74) is 10.4. The maximum absolute atomic E-state index is 5.68. The van der Waals surface area contributed by atoms with Crippen LogP contribution in [0.4, 0.5) is 5.69 Å². The molecule has 3 aromatic rings. The molecule has 0 atom stereocenters. The van der Waals surface area contributed by atoms with E-state index in [1.165, 1.54) is 40.4 Å². The Morgan fingerprint density at radius 1 is 1.06 bits per heavy atom. The Balaban J connectivity index is 0.00000245. The minimum Gasteiger partial charge on any atom is -1.00 e. The SMILES string of the molecule is COc1ccc2cc3[n+](cc2c1NCCCCCCN)CCc1cc2c(cc1-3)OCO2.[Cl-]. The van der Waals surface area contributed by atoms with E-state index in [4.69, 9.17) is 19.9 Å². The quantitative estimate of drug-likeness (QED) is 0.392. The smallest absolute Gasteiger partial charge is 0.231 e. The fraction of sp³-hybridized carbons (Fsp3) is 0.400. The molecule has 7 heteroatoms. The molecule has 5 rings (SSSR count). The number of nitrogens with two attached hydrogens (primary N) is 1. The minimum absolute atomic E-state index is 0. The lowest BCUT2D eigenvalue weighted by Gasteiger charge is -2.18. The van der Waals surface area contributed by atoms with Gasteiger partial charge >= 0.3 is 0 Å². The molecular weight excluding hydrogens is 426 g/mol. The first-order valence-electron chi connectivity index (χ1n) is 11.2. The monoisotopic (exact) mass is 455 g/mol. The van der Waals surface area contributed by atoms with Gasteiger partial charge < -0.3 is 37.7 Å². The number of methoxy groups -OCH3 is 1. The van der Waals surface area contributed by atoms with E-state index in [-0.39, 0.29) is 12.4 Å². The topological polar surface area (TPSA) is 69.6 Å². The number of aryl methyl sites for hydroxylation is 2. The third-order valence-corrected chi connectivity index (χ3v) is 6.28. The third kappa shape index (κ3) is 4.17. The van der Waals surface area contributed by atoms with Crippen molar-refractivity contribution in [3.63, 3.8) is 0 Å². The van der Waals surface area contributed by atoms with Gasteiger partial charge in [-0.3, -0.25) is 0 Å². The van der Waals surface area contributed by atoms with Gasteiger partial charge in [-0.15, -0.1) is 0 Å². The third-order valence-electron chi connectivity index (χ3n) is 6.28. The van der Waals surface area contributed by atoms with Crippen LogP contribution in [0.2, 0.25) is 0 Å². The molecule has 0 saturated heterocycles. The molecule has 2 aliphatic heterocycles. The van der Waals surface area contributed by atoms with Crippen LogP contribution in [0.1, 0.15) is 31.2 Å². The summed E-state index contributed by atoms with van der Waals surface area (Å²) >= 11 is 0. The highest BCUT2D eigenvalue weighted by Crippen LogP contribution is 2.41. The fourth-order valence-corrected chi connectivity index (χ4v) is 4.61. The van der Waals surface area contributed by atoms with Crippen LogP contribution in [-0.2, 0) is 13.0 Å². The van der Waals surface area contributed by atoms with E-state index < -0.39 is 0 Å². The first kappa shape index (κ1) is 22.5. The average Bonchev–Trinajstić information content (AvgIpc) is 3.26. The zero-order valence-electron chi connectivity index (χ0n) is 18.5. The fourth-order valence-electron chi connectivity index (χ4n) is 4.61. The van der Waals surface area contributed by atoms with E-state index in [0.29, 0.717) is 6.79 Å². The van der Waals surface area contributed by atoms with Crippen LogP contribution in [0.15, 0.2) is 36.5 Å². The van der Waals surface area contributed by atoms with Crippen LogP contribution in [0.3, 0.4) is 0 Å². The number of ether oxygens (including phenoxy) is 3. The van der Waals surface area contributed by atoms with Gasteiger partial charge in [-0.25, -0.2) is 0 Å². The van der Waals surface area contributed by atoms with Crippen molar-refractivity contribution < 1.29 is 31.2 Å². The van der Waals surface area contributed by atoms with Crippen molar-refractivity contribution >= 4 is 16.5 Å². The molecule has 32 heavy (non-hydrogen) atoms. The molecule has 0 bridgehead atoms. The number of unbranched alkanes of at least 4 members (excludes halogenated alkanes) is 3. The van der Waals surface area contributed by atoms with Crippen molar-refractivity contribution in [2.75, 3.05) is 32.3 Å². The lowest BCUT2D eigenvalue weighted by molar-refractivity contribution is -0.686. The second-order valence-electron chi connectivity index (χ2n) is 8.24. The standard InChI is InChI=1S/C25H29N3O3.ClH/c1-29-22-7-6-17-12-21-19-14-24-23(30-16-31-24)13-18(19)8-11-28(21)15-20(17)25(22)27-10-5-3-2-4-9-26;/h6-7,12-15H,2-5,8-11,16,26H2,1H3;1H. The Bertz CT molecular complexity index is 1120. The van der Waals surface area contributed by atoms with Crippen LogP contribution >= 0.6 is 0 Å². The summed E-state index contributed by atoms with van der Waals surface area (Å²) in [6.07, 6.45) is 7.83. The van der Waals surface area contributed by atoms with E-state index in [1.807, 2.05) is 0 Å². The number of pyridine rings is 1. The molecule has 0 amide bonds. The number of nitrogens with zero attached hydrogens (tertiary/aromatic N) is 1. The number of hydrogen-bond donors (Lipinski definition) is 2. The number of anilines is 1. The van der Waals surface area contributed by atoms with Crippen molar-refractivity contribution in [2.45, 2.75) is 38.6 Å². The Hall–Kier alpha value is -2.70. The zero-order chi connectivity index (χ0) is 21.2. The highest BCUT2D eigenvalue weighted by Gasteiger charge is 2.28. The summed E-state index contributed by atoms with van der Waals surface area (Å²) in [4.78, 5) is 0. The lowest BCUT2D eigenvalue weighted by atomic mass is 9.95. The van der Waals surface area contributed by atoms with Gasteiger partial charge in [-0.2, -0.15) is 4.57 Å². The minimum atomic E-state index is 0. The lowest BCUT2D eigenvalue weighted by Crippen LogP contribution is -3.00. The number of rotatable bonds is 8. The van der Waals surface area contributed by atoms with Gasteiger partial charge in [0.25, 0.3) is 0 Å². The Kier molecular flexibility index (Phi) is 6.92. The van der Waals surface area contributed by atoms with E-state index in [2.05, 4.69) is 46.4 Å². The van der Waals surface area contributed by atoms with Gasteiger partial charge in [0.15, 0.2) is 24.2 Å². The molecule has 3 heterocycles. The van der Waals surface area contributed by atoms with E-state index in [9.17, 15) is 0 Å². The van der Waals surface area contributed by atoms with Gasteiger partial charge in [0, 0.05) is 19.0 Å². The molecule has 170 valence electrons. The first-order valence-corrected chi connectivity index (χ1v) is 11.2. The largest absolute Gasteiger partial charge is 1.00 e. The van der Waals surface area contributed by atoms with Gasteiger partial charge in [0.2, 0.25) is 12.5 Å². The van der Waals surface area contributed by atoms with Crippen molar-refractivity contribution in [3.8, 4) is 28.5 Å². The van der Waals surface area contributed by atoms with Gasteiger partial charge in [-0.1, -0.05) is 18.9 Å². The van der Waals surface area contributed by atoms with Gasteiger partial charge in [0.05, 0.1) is 23.7 Å². The maximum atomic E-state index is 5.68. The van der Waals surface area contributed by atoms with Gasteiger partial charge in [0.1, 0.15) is 5.75 Å². The van der Waals surface area contributed by atoms with E-state index >= 15 is 0 Å². The highest BCUT2D eigenvalue weighted by molar-refractivity contribution is 5.97. The number of benzene rings is 2. The normalized spacial score (nSPS) is 13.3. The van der Waals surface area contributed by atoms with Crippen LogP contribution in [0.5, 0.6) is 17.2 Å². The number of fused-ring (bicyclic) bond motifs is 5. The number of halogens is 1. The summed E-state index contributed by atoms with van der Waals surface area (Å²) < 4.78 is 19.2. The molecule has 0 saturated carbocycles. The number of hydrogen-bond acceptors (Lipinski definition) is 5. The second kappa shape index (κ2) is 9.84. The molecule has 0 spiro atoms. The molecule has 3 N–H and O–H groups in total. The number of aromatic nitrogens is 1. The summed E-state index contributed by atoms with van der Waals surface area (Å²) in [5.74, 6) is 2.57. The predicted molar refractivity (Wildman–Crippen MR) is 122 cm³/mol. The highest BCUT2D eigenvalue weighted by atomic mass is 35.5. The van der Waals surface area contributed by atoms with Crippen LogP contribution in [0, 0.1) is 0 Å². The zero-order valence-corrected chi connectivity index (χ0v) is 19.2. The summed E-state index contributed by atoms with van der Waals surface area (Å²) in [6.45, 7) is 2.94. The molecule has 2 aromatic carbocycles. The summed E-state index contributed by atoms with van der Waals surface area (Å²) in [5, 5.41) is 6.02. The molecule has 0 fully saturated rings. The second-order valence-corrected chi connectivity index (χ2v) is 8.24. The molecule has 0 aliphatic carbocycles. The van der Waals surface area contributed by atoms with Crippen molar-refractivity contribution in [1.82, 2.24) is 0 Å². The van der Waals surface area contributed by atoms with E-state index in [1.54, 1.807) is 7.11 Å². The Morgan fingerprint density at radius 3 is 2.69 bits per heavy atom. The van der Waals surface area contributed by atoms with Crippen molar-refractivity contribution in [2.24, 2.45) is 5.73 Å². The Labute approximate surface area is 195 Å². The molecule has 0 radical (unpaired) electrons. The average molecular weight is 456 g/mol. The molecule has 1 aromatic heterocycles. The molecule has 2 aliphatic rings. The Morgan fingerprint density at radius 2 is 1.88 bits per heavy atom.